The van der Waals surface area contributed by atoms with E-state index in [9.17, 15) is 9.18 Å². The Labute approximate surface area is 76.9 Å². The molecule has 0 aromatic rings. The lowest BCUT2D eigenvalue weighted by Gasteiger charge is -2.26. The van der Waals surface area contributed by atoms with Crippen LogP contribution in [0, 0.1) is 5.92 Å². The predicted molar refractivity (Wildman–Crippen MR) is 44.9 cm³/mol. The molecular weight excluding hydrogens is 175 g/mol. The van der Waals surface area contributed by atoms with Crippen molar-refractivity contribution < 1.29 is 19.0 Å². The number of ether oxygens (including phenoxy) is 1. The van der Waals surface area contributed by atoms with Crippen LogP contribution < -0.4 is 0 Å². The summed E-state index contributed by atoms with van der Waals surface area (Å²) in [4.78, 5) is 11.2. The zero-order valence-corrected chi connectivity index (χ0v) is 7.70. The van der Waals surface area contributed by atoms with Gasteiger partial charge in [-0.3, -0.25) is 4.79 Å². The summed E-state index contributed by atoms with van der Waals surface area (Å²) in [7, 11) is 0. The fraction of sp³-hybridized carbons (Fsp3) is 0.889. The van der Waals surface area contributed by atoms with E-state index in [1.165, 1.54) is 0 Å². The summed E-state index contributed by atoms with van der Waals surface area (Å²) < 4.78 is 17.7. The lowest BCUT2D eigenvalue weighted by Crippen LogP contribution is -2.34. The Morgan fingerprint density at radius 3 is 2.85 bits per heavy atom. The quantitative estimate of drug-likeness (QED) is 0.662. The van der Waals surface area contributed by atoms with Gasteiger partial charge in [0.2, 0.25) is 0 Å². The number of alkyl halides is 1. The third-order valence-electron chi connectivity index (χ3n) is 2.36. The first-order chi connectivity index (χ1) is 6.15. The monoisotopic (exact) mass is 190 g/mol. The van der Waals surface area contributed by atoms with Gasteiger partial charge in [-0.15, -0.1) is 0 Å². The maximum atomic E-state index is 13.0. The number of halogens is 1. The van der Waals surface area contributed by atoms with Gasteiger partial charge in [0.1, 0.15) is 6.17 Å². The summed E-state index contributed by atoms with van der Waals surface area (Å²) in [5.41, 5.74) is 0. The highest BCUT2D eigenvalue weighted by atomic mass is 19.1. The second kappa shape index (κ2) is 4.56. The number of rotatable bonds is 2. The minimum atomic E-state index is -1.27. The van der Waals surface area contributed by atoms with E-state index in [1.807, 2.05) is 0 Å². The number of aliphatic hydroxyl groups is 1. The molecule has 0 amide bonds. The zero-order valence-electron chi connectivity index (χ0n) is 7.70. The normalized spacial score (nSPS) is 34.2. The van der Waals surface area contributed by atoms with Gasteiger partial charge in [0.15, 0.2) is 0 Å². The Balaban J connectivity index is 2.40. The molecule has 0 bridgehead atoms. The van der Waals surface area contributed by atoms with Crippen molar-refractivity contribution in [2.75, 3.05) is 6.61 Å². The van der Waals surface area contributed by atoms with Crippen LogP contribution in [0.3, 0.4) is 0 Å². The Bertz CT molecular complexity index is 184. The van der Waals surface area contributed by atoms with Crippen molar-refractivity contribution in [3.8, 4) is 0 Å². The summed E-state index contributed by atoms with van der Waals surface area (Å²) in [6.07, 6.45) is -1.20. The Hall–Kier alpha value is -0.640. The molecule has 3 nitrogen and oxygen atoms in total. The number of carbonyl (C=O) groups excluding carboxylic acids is 1. The van der Waals surface area contributed by atoms with E-state index in [0.717, 1.165) is 0 Å². The van der Waals surface area contributed by atoms with Gasteiger partial charge >= 0.3 is 5.97 Å². The average molecular weight is 190 g/mol. The van der Waals surface area contributed by atoms with E-state index in [4.69, 9.17) is 9.84 Å². The summed E-state index contributed by atoms with van der Waals surface area (Å²) >= 11 is 0. The number of carbonyl (C=O) groups is 1. The van der Waals surface area contributed by atoms with Crippen molar-refractivity contribution in [3.05, 3.63) is 0 Å². The van der Waals surface area contributed by atoms with Gasteiger partial charge in [0, 0.05) is 0 Å². The second-order valence-electron chi connectivity index (χ2n) is 3.35. The molecule has 1 aliphatic rings. The van der Waals surface area contributed by atoms with Crippen LogP contribution in [0.4, 0.5) is 4.39 Å². The molecule has 0 aromatic heterocycles. The fourth-order valence-corrected chi connectivity index (χ4v) is 1.57. The largest absolute Gasteiger partial charge is 0.466 e. The van der Waals surface area contributed by atoms with E-state index in [2.05, 4.69) is 0 Å². The highest BCUT2D eigenvalue weighted by Gasteiger charge is 2.33. The van der Waals surface area contributed by atoms with Crippen LogP contribution in [0.15, 0.2) is 0 Å². The van der Waals surface area contributed by atoms with E-state index in [0.29, 0.717) is 19.4 Å². The predicted octanol–water partition coefficient (Wildman–Crippen LogP) is 1.05. The molecule has 0 unspecified atom stereocenters. The molecule has 0 heterocycles. The van der Waals surface area contributed by atoms with Crippen LogP contribution in [0.2, 0.25) is 0 Å². The maximum Gasteiger partial charge on any atom is 0.309 e. The molecule has 1 fully saturated rings. The third kappa shape index (κ3) is 2.66. The minimum absolute atomic E-state index is 0.0972. The van der Waals surface area contributed by atoms with Crippen LogP contribution in [-0.4, -0.2) is 30.0 Å². The van der Waals surface area contributed by atoms with Gasteiger partial charge in [0.05, 0.1) is 18.6 Å². The topological polar surface area (TPSA) is 46.5 Å². The van der Waals surface area contributed by atoms with Crippen molar-refractivity contribution in [3.63, 3.8) is 0 Å². The molecule has 3 atom stereocenters. The molecule has 1 aliphatic carbocycles. The number of hydrogen-bond donors (Lipinski definition) is 1. The van der Waals surface area contributed by atoms with Gasteiger partial charge in [-0.1, -0.05) is 0 Å². The van der Waals surface area contributed by atoms with E-state index in [-0.39, 0.29) is 18.3 Å². The molecule has 0 spiro atoms. The Kier molecular flexibility index (Phi) is 3.66. The molecule has 76 valence electrons. The highest BCUT2D eigenvalue weighted by molar-refractivity contribution is 5.72. The van der Waals surface area contributed by atoms with Crippen molar-refractivity contribution in [1.82, 2.24) is 0 Å². The van der Waals surface area contributed by atoms with Gasteiger partial charge in [0.25, 0.3) is 0 Å². The first kappa shape index (κ1) is 10.4. The maximum absolute atomic E-state index is 13.0. The summed E-state index contributed by atoms with van der Waals surface area (Å²) in [5.74, 6) is -0.699. The molecule has 0 radical (unpaired) electrons. The van der Waals surface area contributed by atoms with Crippen LogP contribution in [0.5, 0.6) is 0 Å². The minimum Gasteiger partial charge on any atom is -0.466 e. The van der Waals surface area contributed by atoms with Gasteiger partial charge < -0.3 is 9.84 Å². The Morgan fingerprint density at radius 2 is 2.31 bits per heavy atom. The molecule has 4 heteroatoms. The van der Waals surface area contributed by atoms with Crippen LogP contribution in [-0.2, 0) is 9.53 Å². The SMILES string of the molecule is CCOC(=O)[C@@H]1CC[C@H](O)[C@@H](F)C1. The van der Waals surface area contributed by atoms with Gasteiger partial charge in [-0.05, 0) is 26.2 Å². The average Bonchev–Trinajstić information content (AvgIpc) is 2.10. The lowest BCUT2D eigenvalue weighted by atomic mass is 9.86. The van der Waals surface area contributed by atoms with E-state index in [1.54, 1.807) is 6.92 Å². The van der Waals surface area contributed by atoms with Crippen molar-refractivity contribution >= 4 is 5.97 Å². The lowest BCUT2D eigenvalue weighted by molar-refractivity contribution is -0.151. The van der Waals surface area contributed by atoms with Crippen molar-refractivity contribution in [1.29, 1.82) is 0 Å². The van der Waals surface area contributed by atoms with E-state index >= 15 is 0 Å². The molecule has 1 N–H and O–H groups in total. The summed E-state index contributed by atoms with van der Waals surface area (Å²) in [6.45, 7) is 2.05. The summed E-state index contributed by atoms with van der Waals surface area (Å²) in [6, 6.07) is 0. The first-order valence-electron chi connectivity index (χ1n) is 4.64. The molecule has 0 saturated heterocycles. The van der Waals surface area contributed by atoms with Crippen LogP contribution in [0.1, 0.15) is 26.2 Å². The Morgan fingerprint density at radius 1 is 1.62 bits per heavy atom. The molecule has 0 aliphatic heterocycles. The smallest absolute Gasteiger partial charge is 0.309 e. The molecule has 13 heavy (non-hydrogen) atoms. The zero-order chi connectivity index (χ0) is 9.84. The van der Waals surface area contributed by atoms with Gasteiger partial charge in [-0.25, -0.2) is 4.39 Å². The standard InChI is InChI=1S/C9H15FO3/c1-2-13-9(12)6-3-4-8(11)7(10)5-6/h6-8,11H,2-5H2,1H3/t6-,7+,8+/m1/s1. The van der Waals surface area contributed by atoms with Crippen molar-refractivity contribution in [2.24, 2.45) is 5.92 Å². The number of hydrogen-bond acceptors (Lipinski definition) is 3. The van der Waals surface area contributed by atoms with E-state index < -0.39 is 12.3 Å². The van der Waals surface area contributed by atoms with Crippen molar-refractivity contribution in [2.45, 2.75) is 38.5 Å². The molecule has 1 rings (SSSR count). The molecule has 1 saturated carbocycles. The number of aliphatic hydroxyl groups excluding tert-OH is 1. The third-order valence-corrected chi connectivity index (χ3v) is 2.36. The molecular formula is C9H15FO3. The summed E-state index contributed by atoms with van der Waals surface area (Å²) in [5, 5.41) is 9.08. The second-order valence-corrected chi connectivity index (χ2v) is 3.35. The van der Waals surface area contributed by atoms with Crippen LogP contribution in [0.25, 0.3) is 0 Å². The highest BCUT2D eigenvalue weighted by Crippen LogP contribution is 2.27. The van der Waals surface area contributed by atoms with Gasteiger partial charge in [-0.2, -0.15) is 0 Å². The number of esters is 1. The van der Waals surface area contributed by atoms with Crippen LogP contribution >= 0.6 is 0 Å². The fourth-order valence-electron chi connectivity index (χ4n) is 1.57. The molecule has 0 aromatic carbocycles. The first-order valence-corrected chi connectivity index (χ1v) is 4.64.